The summed E-state index contributed by atoms with van der Waals surface area (Å²) < 4.78 is 0. The molecule has 1 atom stereocenters. The number of carbonyl (C=O) groups is 2. The summed E-state index contributed by atoms with van der Waals surface area (Å²) in [7, 11) is 0. The van der Waals surface area contributed by atoms with Crippen LogP contribution in [0.3, 0.4) is 0 Å². The first-order valence-electron chi connectivity index (χ1n) is 9.99. The lowest BCUT2D eigenvalue weighted by Crippen LogP contribution is -2.25. The van der Waals surface area contributed by atoms with E-state index in [1.807, 2.05) is 30.3 Å². The van der Waals surface area contributed by atoms with E-state index in [-0.39, 0.29) is 17.9 Å². The molecule has 2 aromatic carbocycles. The number of benzene rings is 2. The van der Waals surface area contributed by atoms with Crippen molar-refractivity contribution in [3.05, 3.63) is 53.6 Å². The van der Waals surface area contributed by atoms with Crippen molar-refractivity contribution < 1.29 is 9.59 Å². The highest BCUT2D eigenvalue weighted by Crippen LogP contribution is 2.28. The van der Waals surface area contributed by atoms with E-state index in [2.05, 4.69) is 27.3 Å². The van der Waals surface area contributed by atoms with Crippen LogP contribution in [0.2, 0.25) is 0 Å². The van der Waals surface area contributed by atoms with Crippen molar-refractivity contribution in [1.82, 2.24) is 5.32 Å². The van der Waals surface area contributed by atoms with Gasteiger partial charge in [0, 0.05) is 23.6 Å². The zero-order chi connectivity index (χ0) is 19.3. The Kier molecular flexibility index (Phi) is 5.58. The highest BCUT2D eigenvalue weighted by molar-refractivity contribution is 6.01. The lowest BCUT2D eigenvalue weighted by Gasteiger charge is -2.19. The maximum atomic E-state index is 12.5. The van der Waals surface area contributed by atoms with Crippen molar-refractivity contribution in [3.63, 3.8) is 0 Å². The van der Waals surface area contributed by atoms with Gasteiger partial charge in [-0.3, -0.25) is 4.79 Å². The third kappa shape index (κ3) is 4.34. The van der Waals surface area contributed by atoms with E-state index in [4.69, 9.17) is 0 Å². The maximum absolute atomic E-state index is 12.5. The molecule has 0 aromatic heterocycles. The SMILES string of the molecule is O=C(Nc1cccc(NC(=O)C2CCNC2)c1)Nc1cccc2c1CCCC2. The first kappa shape index (κ1) is 18.5. The lowest BCUT2D eigenvalue weighted by atomic mass is 9.90. The van der Waals surface area contributed by atoms with Crippen LogP contribution < -0.4 is 21.3 Å². The molecule has 6 nitrogen and oxygen atoms in total. The van der Waals surface area contributed by atoms with Gasteiger partial charge in [-0.05, 0) is 74.0 Å². The predicted octanol–water partition coefficient (Wildman–Crippen LogP) is 3.76. The van der Waals surface area contributed by atoms with Crippen LogP contribution >= 0.6 is 0 Å². The summed E-state index contributed by atoms with van der Waals surface area (Å²) in [6.07, 6.45) is 5.30. The zero-order valence-corrected chi connectivity index (χ0v) is 15.9. The van der Waals surface area contributed by atoms with Gasteiger partial charge in [-0.1, -0.05) is 18.2 Å². The molecule has 2 aromatic rings. The summed E-state index contributed by atoms with van der Waals surface area (Å²) in [5.41, 5.74) is 4.79. The molecule has 0 saturated carbocycles. The molecular weight excluding hydrogens is 352 g/mol. The molecule has 3 amide bonds. The second kappa shape index (κ2) is 8.44. The lowest BCUT2D eigenvalue weighted by molar-refractivity contribution is -0.119. The van der Waals surface area contributed by atoms with Crippen LogP contribution in [0.5, 0.6) is 0 Å². The fraction of sp³-hybridized carbons (Fsp3) is 0.364. The Balaban J connectivity index is 1.39. The van der Waals surface area contributed by atoms with Gasteiger partial charge < -0.3 is 21.3 Å². The molecule has 4 rings (SSSR count). The number of hydrogen-bond donors (Lipinski definition) is 4. The fourth-order valence-electron chi connectivity index (χ4n) is 3.98. The van der Waals surface area contributed by atoms with Crippen LogP contribution in [0.15, 0.2) is 42.5 Å². The van der Waals surface area contributed by atoms with E-state index in [0.29, 0.717) is 17.9 Å². The number of fused-ring (bicyclic) bond motifs is 1. The predicted molar refractivity (Wildman–Crippen MR) is 112 cm³/mol. The van der Waals surface area contributed by atoms with Crippen molar-refractivity contribution >= 4 is 29.0 Å². The average Bonchev–Trinajstić information content (AvgIpc) is 3.23. The first-order chi connectivity index (χ1) is 13.7. The van der Waals surface area contributed by atoms with E-state index >= 15 is 0 Å². The fourth-order valence-corrected chi connectivity index (χ4v) is 3.98. The Morgan fingerprint density at radius 2 is 1.71 bits per heavy atom. The number of amides is 3. The van der Waals surface area contributed by atoms with E-state index in [9.17, 15) is 9.59 Å². The molecule has 1 saturated heterocycles. The molecule has 1 aliphatic carbocycles. The first-order valence-corrected chi connectivity index (χ1v) is 9.99. The van der Waals surface area contributed by atoms with Gasteiger partial charge in [0.1, 0.15) is 0 Å². The second-order valence-corrected chi connectivity index (χ2v) is 7.49. The summed E-state index contributed by atoms with van der Waals surface area (Å²) in [5, 5.41) is 12.0. The Bertz CT molecular complexity index is 875. The standard InChI is InChI=1S/C22H26N4O2/c27-21(16-11-12-23-14-16)24-17-7-4-8-18(13-17)25-22(28)26-20-10-3-6-15-5-1-2-9-19(15)20/h3-4,6-8,10,13,16,23H,1-2,5,9,11-12,14H2,(H,24,27)(H2,25,26,28). The van der Waals surface area contributed by atoms with Gasteiger partial charge in [0.2, 0.25) is 5.91 Å². The summed E-state index contributed by atoms with van der Waals surface area (Å²) in [5.74, 6) is 0.0201. The van der Waals surface area contributed by atoms with Crippen LogP contribution in [0, 0.1) is 5.92 Å². The molecule has 146 valence electrons. The smallest absolute Gasteiger partial charge is 0.323 e. The van der Waals surface area contributed by atoms with Gasteiger partial charge in [0.15, 0.2) is 0 Å². The van der Waals surface area contributed by atoms with Crippen molar-refractivity contribution in [2.24, 2.45) is 5.92 Å². The van der Waals surface area contributed by atoms with Crippen LogP contribution in [0.1, 0.15) is 30.4 Å². The van der Waals surface area contributed by atoms with E-state index in [1.54, 1.807) is 6.07 Å². The molecule has 1 unspecified atom stereocenters. The number of anilines is 3. The van der Waals surface area contributed by atoms with Gasteiger partial charge in [-0.15, -0.1) is 0 Å². The number of hydrogen-bond acceptors (Lipinski definition) is 3. The Hall–Kier alpha value is -2.86. The second-order valence-electron chi connectivity index (χ2n) is 7.49. The summed E-state index contributed by atoms with van der Waals surface area (Å²) in [6.45, 7) is 1.59. The topological polar surface area (TPSA) is 82.3 Å². The van der Waals surface area contributed by atoms with Crippen LogP contribution in [-0.2, 0) is 17.6 Å². The van der Waals surface area contributed by atoms with Gasteiger partial charge >= 0.3 is 6.03 Å². The van der Waals surface area contributed by atoms with Crippen molar-refractivity contribution in [2.45, 2.75) is 32.1 Å². The van der Waals surface area contributed by atoms with Crippen molar-refractivity contribution in [2.75, 3.05) is 29.0 Å². The molecular formula is C22H26N4O2. The van der Waals surface area contributed by atoms with Gasteiger partial charge in [-0.25, -0.2) is 4.79 Å². The number of carbonyl (C=O) groups excluding carboxylic acids is 2. The monoisotopic (exact) mass is 378 g/mol. The minimum atomic E-state index is -0.276. The number of rotatable bonds is 4. The molecule has 6 heteroatoms. The largest absolute Gasteiger partial charge is 0.326 e. The molecule has 0 radical (unpaired) electrons. The van der Waals surface area contributed by atoms with E-state index < -0.39 is 0 Å². The number of urea groups is 1. The van der Waals surface area contributed by atoms with Crippen LogP contribution in [0.25, 0.3) is 0 Å². The minimum absolute atomic E-state index is 0.00386. The highest BCUT2D eigenvalue weighted by atomic mass is 16.2. The van der Waals surface area contributed by atoms with Gasteiger partial charge in [-0.2, -0.15) is 0 Å². The maximum Gasteiger partial charge on any atom is 0.323 e. The molecule has 1 heterocycles. The van der Waals surface area contributed by atoms with Crippen LogP contribution in [0.4, 0.5) is 21.9 Å². The van der Waals surface area contributed by atoms with Gasteiger partial charge in [0.05, 0.1) is 5.92 Å². The molecule has 1 fully saturated rings. The molecule has 4 N–H and O–H groups in total. The Labute approximate surface area is 165 Å². The van der Waals surface area contributed by atoms with E-state index in [1.165, 1.54) is 17.5 Å². The van der Waals surface area contributed by atoms with Gasteiger partial charge in [0.25, 0.3) is 0 Å². The normalized spacial score (nSPS) is 18.2. The third-order valence-corrected chi connectivity index (χ3v) is 5.46. The quantitative estimate of drug-likeness (QED) is 0.654. The zero-order valence-electron chi connectivity index (χ0n) is 15.9. The van der Waals surface area contributed by atoms with E-state index in [0.717, 1.165) is 37.9 Å². The Morgan fingerprint density at radius 1 is 0.929 bits per heavy atom. The Morgan fingerprint density at radius 3 is 2.54 bits per heavy atom. The molecule has 0 bridgehead atoms. The van der Waals surface area contributed by atoms with Crippen molar-refractivity contribution in [1.29, 1.82) is 0 Å². The number of nitrogens with one attached hydrogen (secondary N) is 4. The summed E-state index contributed by atoms with van der Waals surface area (Å²) >= 11 is 0. The highest BCUT2D eigenvalue weighted by Gasteiger charge is 2.22. The van der Waals surface area contributed by atoms with Crippen molar-refractivity contribution in [3.8, 4) is 0 Å². The molecule has 0 spiro atoms. The summed E-state index contributed by atoms with van der Waals surface area (Å²) in [6, 6.07) is 13.1. The molecule has 1 aliphatic heterocycles. The minimum Gasteiger partial charge on any atom is -0.326 e. The summed E-state index contributed by atoms with van der Waals surface area (Å²) in [4.78, 5) is 24.8. The number of aryl methyl sites for hydroxylation is 1. The van der Waals surface area contributed by atoms with Crippen LogP contribution in [-0.4, -0.2) is 25.0 Å². The average molecular weight is 378 g/mol. The molecule has 2 aliphatic rings. The third-order valence-electron chi connectivity index (χ3n) is 5.46. The molecule has 28 heavy (non-hydrogen) atoms.